The van der Waals surface area contributed by atoms with Crippen LogP contribution in [-0.2, 0) is 9.59 Å². The smallest absolute Gasteiger partial charge is 0.270 e. The Balaban J connectivity index is 1.43. The predicted molar refractivity (Wildman–Crippen MR) is 151 cm³/mol. The molecule has 1 saturated heterocycles. The van der Waals surface area contributed by atoms with Crippen LogP contribution in [0.2, 0.25) is 5.02 Å². The van der Waals surface area contributed by atoms with Gasteiger partial charge in [0.25, 0.3) is 11.8 Å². The SMILES string of the molecule is Cc1cc(Br)cc(C)c1NC(=O)COc1cccc(/C=C2\SC(=S)N(c3ccc(Cl)cc3)C2=O)c1. The first-order valence-electron chi connectivity index (χ1n) is 10.5. The molecule has 4 rings (SSSR count). The third-order valence-corrected chi connectivity index (χ3v) is 7.18. The van der Waals surface area contributed by atoms with Crippen molar-refractivity contribution in [2.75, 3.05) is 16.8 Å². The maximum absolute atomic E-state index is 13.0. The molecule has 178 valence electrons. The minimum Gasteiger partial charge on any atom is -0.484 e. The van der Waals surface area contributed by atoms with Crippen LogP contribution in [-0.4, -0.2) is 22.7 Å². The topological polar surface area (TPSA) is 58.6 Å². The molecule has 1 N–H and O–H groups in total. The summed E-state index contributed by atoms with van der Waals surface area (Å²) < 4.78 is 7.12. The van der Waals surface area contributed by atoms with Crippen LogP contribution in [0.5, 0.6) is 5.75 Å². The molecular formula is C26H20BrClN2O3S2. The monoisotopic (exact) mass is 586 g/mol. The van der Waals surface area contributed by atoms with Gasteiger partial charge in [0.15, 0.2) is 10.9 Å². The highest BCUT2D eigenvalue weighted by Crippen LogP contribution is 2.36. The molecule has 0 spiro atoms. The van der Waals surface area contributed by atoms with Crippen molar-refractivity contribution in [2.24, 2.45) is 0 Å². The number of hydrogen-bond donors (Lipinski definition) is 1. The second-order valence-corrected chi connectivity index (χ2v) is 10.8. The van der Waals surface area contributed by atoms with E-state index in [1.54, 1.807) is 42.5 Å². The van der Waals surface area contributed by atoms with E-state index < -0.39 is 0 Å². The molecule has 3 aromatic rings. The normalized spacial score (nSPS) is 14.5. The minimum atomic E-state index is -0.257. The summed E-state index contributed by atoms with van der Waals surface area (Å²) in [5, 5.41) is 3.50. The number of nitrogens with zero attached hydrogens (tertiary/aromatic N) is 1. The van der Waals surface area contributed by atoms with E-state index >= 15 is 0 Å². The molecule has 1 aliphatic rings. The van der Waals surface area contributed by atoms with Gasteiger partial charge in [-0.2, -0.15) is 0 Å². The van der Waals surface area contributed by atoms with Gasteiger partial charge in [0.1, 0.15) is 5.75 Å². The molecule has 35 heavy (non-hydrogen) atoms. The van der Waals surface area contributed by atoms with Crippen molar-refractivity contribution in [3.8, 4) is 5.75 Å². The van der Waals surface area contributed by atoms with Crippen LogP contribution in [0.15, 0.2) is 70.0 Å². The fourth-order valence-electron chi connectivity index (χ4n) is 3.56. The summed E-state index contributed by atoms with van der Waals surface area (Å²) in [6.45, 7) is 3.73. The molecule has 2 amide bonds. The highest BCUT2D eigenvalue weighted by Gasteiger charge is 2.33. The molecule has 0 aliphatic carbocycles. The van der Waals surface area contributed by atoms with Gasteiger partial charge in [0.2, 0.25) is 0 Å². The van der Waals surface area contributed by atoms with Crippen molar-refractivity contribution >= 4 is 85.1 Å². The molecule has 0 unspecified atom stereocenters. The third-order valence-electron chi connectivity index (χ3n) is 5.17. The number of hydrogen-bond acceptors (Lipinski definition) is 5. The van der Waals surface area contributed by atoms with Gasteiger partial charge >= 0.3 is 0 Å². The Hall–Kier alpha value is -2.65. The van der Waals surface area contributed by atoms with Crippen LogP contribution < -0.4 is 15.0 Å². The van der Waals surface area contributed by atoms with Gasteiger partial charge in [0.05, 0.1) is 10.6 Å². The molecule has 1 heterocycles. The van der Waals surface area contributed by atoms with Gasteiger partial charge in [-0.3, -0.25) is 14.5 Å². The van der Waals surface area contributed by atoms with Gasteiger partial charge in [0, 0.05) is 15.2 Å². The van der Waals surface area contributed by atoms with Gasteiger partial charge < -0.3 is 10.1 Å². The van der Waals surface area contributed by atoms with Crippen molar-refractivity contribution in [3.63, 3.8) is 0 Å². The highest BCUT2D eigenvalue weighted by atomic mass is 79.9. The molecule has 0 atom stereocenters. The van der Waals surface area contributed by atoms with Gasteiger partial charge in [-0.1, -0.05) is 63.6 Å². The number of aryl methyl sites for hydroxylation is 2. The number of thiocarbonyl (C=S) groups is 1. The number of anilines is 2. The van der Waals surface area contributed by atoms with Crippen LogP contribution >= 0.6 is 51.5 Å². The number of benzene rings is 3. The maximum Gasteiger partial charge on any atom is 0.270 e. The number of amides is 2. The highest BCUT2D eigenvalue weighted by molar-refractivity contribution is 9.10. The third kappa shape index (κ3) is 6.13. The molecule has 0 saturated carbocycles. The summed E-state index contributed by atoms with van der Waals surface area (Å²) in [5.41, 5.74) is 4.13. The van der Waals surface area contributed by atoms with E-state index in [0.717, 1.165) is 26.9 Å². The molecule has 9 heteroatoms. The van der Waals surface area contributed by atoms with E-state index in [1.807, 2.05) is 38.1 Å². The molecule has 1 aliphatic heterocycles. The summed E-state index contributed by atoms with van der Waals surface area (Å²) >= 11 is 16.1. The molecule has 0 bridgehead atoms. The van der Waals surface area contributed by atoms with Crippen molar-refractivity contribution in [1.82, 2.24) is 0 Å². The van der Waals surface area contributed by atoms with Gasteiger partial charge in [-0.15, -0.1) is 0 Å². The number of thioether (sulfide) groups is 1. The zero-order valence-corrected chi connectivity index (χ0v) is 22.8. The predicted octanol–water partition coefficient (Wildman–Crippen LogP) is 7.14. The first-order valence-corrected chi connectivity index (χ1v) is 12.9. The quantitative estimate of drug-likeness (QED) is 0.245. The van der Waals surface area contributed by atoms with Crippen LogP contribution in [0.1, 0.15) is 16.7 Å². The van der Waals surface area contributed by atoms with Gasteiger partial charge in [-0.05, 0) is 85.1 Å². The molecule has 1 fully saturated rings. The van der Waals surface area contributed by atoms with Crippen LogP contribution in [0.4, 0.5) is 11.4 Å². The number of carbonyl (C=O) groups is 2. The zero-order valence-electron chi connectivity index (χ0n) is 18.8. The van der Waals surface area contributed by atoms with Crippen molar-refractivity contribution < 1.29 is 14.3 Å². The second kappa shape index (κ2) is 11.0. The minimum absolute atomic E-state index is 0.142. The Labute approximate surface area is 226 Å². The molecule has 3 aromatic carbocycles. The Kier molecular flexibility index (Phi) is 7.96. The average Bonchev–Trinajstić information content (AvgIpc) is 3.08. The van der Waals surface area contributed by atoms with Crippen molar-refractivity contribution in [3.05, 3.63) is 91.8 Å². The lowest BCUT2D eigenvalue weighted by molar-refractivity contribution is -0.118. The fraction of sp³-hybridized carbons (Fsp3) is 0.115. The molecular weight excluding hydrogens is 568 g/mol. The van der Waals surface area contributed by atoms with Crippen molar-refractivity contribution in [2.45, 2.75) is 13.8 Å². The molecule has 5 nitrogen and oxygen atoms in total. The van der Waals surface area contributed by atoms with E-state index in [9.17, 15) is 9.59 Å². The summed E-state index contributed by atoms with van der Waals surface area (Å²) in [7, 11) is 0. The maximum atomic E-state index is 13.0. The second-order valence-electron chi connectivity index (χ2n) is 7.82. The van der Waals surface area contributed by atoms with E-state index in [0.29, 0.717) is 25.7 Å². The van der Waals surface area contributed by atoms with E-state index in [4.69, 9.17) is 28.6 Å². The van der Waals surface area contributed by atoms with Gasteiger partial charge in [-0.25, -0.2) is 0 Å². The summed E-state index contributed by atoms with van der Waals surface area (Å²) in [5.74, 6) is 0.0624. The molecule has 0 radical (unpaired) electrons. The Morgan fingerprint density at radius 2 is 1.83 bits per heavy atom. The standard InChI is InChI=1S/C26H20BrClN2O3S2/c1-15-10-18(27)11-16(2)24(15)29-23(31)14-33-21-5-3-4-17(12-21)13-22-25(32)30(26(34)35-22)20-8-6-19(28)7-9-20/h3-13H,14H2,1-2H3,(H,29,31)/b22-13-. The number of nitrogens with one attached hydrogen (secondary N) is 1. The fourth-order valence-corrected chi connectivity index (χ4v) is 5.67. The summed E-state index contributed by atoms with van der Waals surface area (Å²) in [6, 6.07) is 18.0. The Bertz CT molecular complexity index is 1340. The Morgan fingerprint density at radius 3 is 2.51 bits per heavy atom. The largest absolute Gasteiger partial charge is 0.484 e. The van der Waals surface area contributed by atoms with Crippen LogP contribution in [0, 0.1) is 13.8 Å². The lowest BCUT2D eigenvalue weighted by atomic mass is 10.1. The van der Waals surface area contributed by atoms with E-state index in [2.05, 4.69) is 21.2 Å². The van der Waals surface area contributed by atoms with Crippen molar-refractivity contribution in [1.29, 1.82) is 0 Å². The molecule has 0 aromatic heterocycles. The van der Waals surface area contributed by atoms with Crippen LogP contribution in [0.25, 0.3) is 6.08 Å². The number of rotatable bonds is 6. The average molecular weight is 588 g/mol. The van der Waals surface area contributed by atoms with Crippen LogP contribution in [0.3, 0.4) is 0 Å². The first kappa shape index (κ1) is 25.4. The summed E-state index contributed by atoms with van der Waals surface area (Å²) in [4.78, 5) is 27.4. The van der Waals surface area contributed by atoms with E-state index in [1.165, 1.54) is 16.7 Å². The zero-order chi connectivity index (χ0) is 25.1. The lowest BCUT2D eigenvalue weighted by Gasteiger charge is -2.14. The lowest BCUT2D eigenvalue weighted by Crippen LogP contribution is -2.27. The summed E-state index contributed by atoms with van der Waals surface area (Å²) in [6.07, 6.45) is 1.76. The van der Waals surface area contributed by atoms with E-state index in [-0.39, 0.29) is 18.4 Å². The number of ether oxygens (including phenoxy) is 1. The first-order chi connectivity index (χ1) is 16.7. The number of carbonyl (C=O) groups excluding carboxylic acids is 2. The number of halogens is 2. The Morgan fingerprint density at radius 1 is 1.14 bits per heavy atom.